The smallest absolute Gasteiger partial charge is 0.0930 e. The summed E-state index contributed by atoms with van der Waals surface area (Å²) in [6, 6.07) is 0. The first kappa shape index (κ1) is 12.9. The van der Waals surface area contributed by atoms with Crippen LogP contribution in [-0.2, 0) is 9.47 Å². The highest BCUT2D eigenvalue weighted by Gasteiger charge is 2.11. The van der Waals surface area contributed by atoms with Gasteiger partial charge in [0.05, 0.1) is 19.3 Å². The highest BCUT2D eigenvalue weighted by Crippen LogP contribution is 2.07. The Morgan fingerprint density at radius 3 is 2.60 bits per heavy atom. The monoisotopic (exact) mass is 216 g/mol. The summed E-state index contributed by atoms with van der Waals surface area (Å²) < 4.78 is 10.7. The van der Waals surface area contributed by atoms with E-state index in [9.17, 15) is 0 Å². The lowest BCUT2D eigenvalue weighted by Crippen LogP contribution is -2.35. The van der Waals surface area contributed by atoms with Crippen LogP contribution in [0.2, 0.25) is 0 Å². The first-order valence-corrected chi connectivity index (χ1v) is 5.89. The van der Waals surface area contributed by atoms with E-state index < -0.39 is 0 Å². The van der Waals surface area contributed by atoms with Crippen molar-refractivity contribution in [1.82, 2.24) is 4.90 Å². The van der Waals surface area contributed by atoms with Gasteiger partial charge in [0.25, 0.3) is 0 Å². The van der Waals surface area contributed by atoms with Gasteiger partial charge in [-0.2, -0.15) is 0 Å². The lowest BCUT2D eigenvalue weighted by molar-refractivity contribution is -0.00612. The predicted octanol–water partition coefficient (Wildman–Crippen LogP) is 0.463. The van der Waals surface area contributed by atoms with E-state index in [-0.39, 0.29) is 6.10 Å². The Morgan fingerprint density at radius 1 is 1.27 bits per heavy atom. The van der Waals surface area contributed by atoms with Gasteiger partial charge in [-0.25, -0.2) is 0 Å². The van der Waals surface area contributed by atoms with Crippen LogP contribution in [0.1, 0.15) is 19.3 Å². The molecule has 4 heteroatoms. The molecule has 1 atom stereocenters. The fourth-order valence-electron chi connectivity index (χ4n) is 1.90. The number of nitrogens with zero attached hydrogens (tertiary/aromatic N) is 1. The van der Waals surface area contributed by atoms with Crippen molar-refractivity contribution >= 4 is 0 Å². The van der Waals surface area contributed by atoms with E-state index in [1.807, 2.05) is 0 Å². The third-order valence-corrected chi connectivity index (χ3v) is 2.83. The van der Waals surface area contributed by atoms with Crippen LogP contribution >= 0.6 is 0 Å². The molecule has 1 aliphatic rings. The number of likely N-dealkylation sites (tertiary alicyclic amines) is 1. The second kappa shape index (κ2) is 8.05. The Labute approximate surface area is 92.7 Å². The molecular formula is C11H24N2O2. The fourth-order valence-corrected chi connectivity index (χ4v) is 1.90. The van der Waals surface area contributed by atoms with E-state index in [4.69, 9.17) is 15.2 Å². The SMILES string of the molecule is COCC(CN)OCCN1CCCCC1. The maximum atomic E-state index is 5.64. The number of methoxy groups -OCH3 is 1. The van der Waals surface area contributed by atoms with Gasteiger partial charge in [-0.3, -0.25) is 0 Å². The summed E-state index contributed by atoms with van der Waals surface area (Å²) in [5.74, 6) is 0. The first-order valence-electron chi connectivity index (χ1n) is 5.89. The van der Waals surface area contributed by atoms with E-state index >= 15 is 0 Å². The van der Waals surface area contributed by atoms with Crippen molar-refractivity contribution in [2.75, 3.05) is 46.5 Å². The number of nitrogens with two attached hydrogens (primary N) is 1. The van der Waals surface area contributed by atoms with Crippen molar-refractivity contribution < 1.29 is 9.47 Å². The maximum absolute atomic E-state index is 5.64. The normalized spacial score (nSPS) is 20.4. The molecule has 0 aromatic rings. The lowest BCUT2D eigenvalue weighted by atomic mass is 10.1. The van der Waals surface area contributed by atoms with Crippen LogP contribution in [0.3, 0.4) is 0 Å². The number of ether oxygens (including phenoxy) is 2. The topological polar surface area (TPSA) is 47.7 Å². The Kier molecular flexibility index (Phi) is 6.92. The van der Waals surface area contributed by atoms with Crippen LogP contribution in [0, 0.1) is 0 Å². The van der Waals surface area contributed by atoms with Crippen molar-refractivity contribution in [3.8, 4) is 0 Å². The molecule has 90 valence electrons. The molecule has 2 N–H and O–H groups in total. The summed E-state index contributed by atoms with van der Waals surface area (Å²) in [7, 11) is 1.68. The van der Waals surface area contributed by atoms with Crippen molar-refractivity contribution in [3.63, 3.8) is 0 Å². The molecule has 0 saturated carbocycles. The molecule has 0 aromatic heterocycles. The van der Waals surface area contributed by atoms with Crippen molar-refractivity contribution in [3.05, 3.63) is 0 Å². The van der Waals surface area contributed by atoms with E-state index in [1.165, 1.54) is 32.4 Å². The summed E-state index contributed by atoms with van der Waals surface area (Å²) in [6.07, 6.45) is 4.10. The number of piperidine rings is 1. The molecule has 0 spiro atoms. The molecule has 1 heterocycles. The quantitative estimate of drug-likeness (QED) is 0.672. The highest BCUT2D eigenvalue weighted by molar-refractivity contribution is 4.64. The minimum atomic E-state index is 0.0554. The van der Waals surface area contributed by atoms with E-state index in [2.05, 4.69) is 4.90 Å². The molecule has 0 amide bonds. The molecule has 1 aliphatic heterocycles. The number of hydrogen-bond donors (Lipinski definition) is 1. The van der Waals surface area contributed by atoms with Gasteiger partial charge in [0, 0.05) is 20.2 Å². The fraction of sp³-hybridized carbons (Fsp3) is 1.00. The average Bonchev–Trinajstić information content (AvgIpc) is 2.29. The Hall–Kier alpha value is -0.160. The third kappa shape index (κ3) is 5.47. The molecular weight excluding hydrogens is 192 g/mol. The number of hydrogen-bond acceptors (Lipinski definition) is 4. The van der Waals surface area contributed by atoms with Crippen LogP contribution in [0.15, 0.2) is 0 Å². The minimum absolute atomic E-state index is 0.0554. The average molecular weight is 216 g/mol. The van der Waals surface area contributed by atoms with Gasteiger partial charge in [-0.1, -0.05) is 6.42 Å². The van der Waals surface area contributed by atoms with Gasteiger partial charge in [0.2, 0.25) is 0 Å². The van der Waals surface area contributed by atoms with Gasteiger partial charge >= 0.3 is 0 Å². The minimum Gasteiger partial charge on any atom is -0.382 e. The van der Waals surface area contributed by atoms with Crippen LogP contribution in [-0.4, -0.2) is 57.5 Å². The molecule has 4 nitrogen and oxygen atoms in total. The summed E-state index contributed by atoms with van der Waals surface area (Å²) in [5.41, 5.74) is 5.56. The molecule has 15 heavy (non-hydrogen) atoms. The zero-order valence-corrected chi connectivity index (χ0v) is 9.78. The zero-order chi connectivity index (χ0) is 10.9. The number of rotatable bonds is 7. The van der Waals surface area contributed by atoms with Crippen molar-refractivity contribution in [1.29, 1.82) is 0 Å². The molecule has 0 radical (unpaired) electrons. The van der Waals surface area contributed by atoms with Crippen LogP contribution < -0.4 is 5.73 Å². The third-order valence-electron chi connectivity index (χ3n) is 2.83. The Morgan fingerprint density at radius 2 is 2.00 bits per heavy atom. The van der Waals surface area contributed by atoms with Gasteiger partial charge in [0.1, 0.15) is 0 Å². The lowest BCUT2D eigenvalue weighted by Gasteiger charge is -2.27. The Balaban J connectivity index is 2.03. The Bertz CT molecular complexity index is 145. The van der Waals surface area contributed by atoms with Crippen LogP contribution in [0.25, 0.3) is 0 Å². The molecule has 0 aromatic carbocycles. The van der Waals surface area contributed by atoms with E-state index in [0.29, 0.717) is 13.2 Å². The van der Waals surface area contributed by atoms with Gasteiger partial charge in [-0.15, -0.1) is 0 Å². The van der Waals surface area contributed by atoms with Gasteiger partial charge in [0.15, 0.2) is 0 Å². The van der Waals surface area contributed by atoms with Gasteiger partial charge < -0.3 is 20.1 Å². The molecule has 1 rings (SSSR count). The maximum Gasteiger partial charge on any atom is 0.0930 e. The molecule has 1 saturated heterocycles. The van der Waals surface area contributed by atoms with Crippen LogP contribution in [0.4, 0.5) is 0 Å². The van der Waals surface area contributed by atoms with E-state index in [1.54, 1.807) is 7.11 Å². The largest absolute Gasteiger partial charge is 0.382 e. The standard InChI is InChI=1S/C11H24N2O2/c1-14-10-11(9-12)15-8-7-13-5-3-2-4-6-13/h11H,2-10,12H2,1H3. The molecule has 1 fully saturated rings. The first-order chi connectivity index (χ1) is 7.36. The van der Waals surface area contributed by atoms with Gasteiger partial charge in [-0.05, 0) is 25.9 Å². The second-order valence-corrected chi connectivity index (χ2v) is 4.09. The second-order valence-electron chi connectivity index (χ2n) is 4.09. The van der Waals surface area contributed by atoms with Crippen molar-refractivity contribution in [2.24, 2.45) is 5.73 Å². The summed E-state index contributed by atoms with van der Waals surface area (Å²) in [6.45, 7) is 5.37. The van der Waals surface area contributed by atoms with E-state index in [0.717, 1.165) is 13.2 Å². The molecule has 0 aliphatic carbocycles. The predicted molar refractivity (Wildman–Crippen MR) is 61.0 cm³/mol. The summed E-state index contributed by atoms with van der Waals surface area (Å²) in [4.78, 5) is 2.46. The molecule has 0 bridgehead atoms. The molecule has 1 unspecified atom stereocenters. The summed E-state index contributed by atoms with van der Waals surface area (Å²) >= 11 is 0. The highest BCUT2D eigenvalue weighted by atomic mass is 16.5. The summed E-state index contributed by atoms with van der Waals surface area (Å²) in [5, 5.41) is 0. The van der Waals surface area contributed by atoms with Crippen LogP contribution in [0.5, 0.6) is 0 Å². The zero-order valence-electron chi connectivity index (χ0n) is 9.78. The van der Waals surface area contributed by atoms with Crippen molar-refractivity contribution in [2.45, 2.75) is 25.4 Å².